The highest BCUT2D eigenvalue weighted by atomic mass is 79.9. The first kappa shape index (κ1) is 14.5. The maximum absolute atomic E-state index is 11.4. The molecule has 1 saturated heterocycles. The predicted octanol–water partition coefficient (Wildman–Crippen LogP) is 3.66. The number of ether oxygens (including phenoxy) is 1. The van der Waals surface area contributed by atoms with Crippen molar-refractivity contribution in [1.82, 2.24) is 0 Å². The molecule has 0 aliphatic carbocycles. The van der Waals surface area contributed by atoms with Crippen molar-refractivity contribution in [2.24, 2.45) is 0 Å². The third-order valence-electron chi connectivity index (χ3n) is 3.52. The number of rotatable bonds is 4. The fraction of sp³-hybridized carbons (Fsp3) is 0.533. The molecule has 1 fully saturated rings. The third-order valence-corrected chi connectivity index (χ3v) is 4.18. The third kappa shape index (κ3) is 3.80. The van der Waals surface area contributed by atoms with Gasteiger partial charge in [-0.3, -0.25) is 4.79 Å². The van der Waals surface area contributed by atoms with Gasteiger partial charge in [0.1, 0.15) is 0 Å². The molecule has 0 bridgehead atoms. The minimum atomic E-state index is 0.0803. The van der Waals surface area contributed by atoms with Gasteiger partial charge < -0.3 is 9.64 Å². The summed E-state index contributed by atoms with van der Waals surface area (Å²) in [7, 11) is 2.06. The van der Waals surface area contributed by atoms with E-state index < -0.39 is 0 Å². The molecule has 1 atom stereocenters. The first-order valence-electron chi connectivity index (χ1n) is 6.71. The molecular weight excluding hydrogens is 306 g/mol. The van der Waals surface area contributed by atoms with Crippen LogP contribution >= 0.6 is 15.9 Å². The smallest absolute Gasteiger partial charge is 0.160 e. The molecule has 0 radical (unpaired) electrons. The Balaban J connectivity index is 2.04. The summed E-state index contributed by atoms with van der Waals surface area (Å²) in [5.74, 6) is 0.0803. The molecule has 0 N–H and O–H groups in total. The Labute approximate surface area is 123 Å². The van der Waals surface area contributed by atoms with Crippen molar-refractivity contribution in [2.45, 2.75) is 32.3 Å². The number of hydrogen-bond donors (Lipinski definition) is 0. The standard InChI is InChI=1S/C15H20BrNO2/c1-11(18)14-7-6-12(9-15(14)16)17(2)10-13-5-3-4-8-19-13/h6-7,9,13H,3-5,8,10H2,1-2H3. The Morgan fingerprint density at radius 2 is 2.26 bits per heavy atom. The molecule has 0 spiro atoms. The average molecular weight is 326 g/mol. The fourth-order valence-electron chi connectivity index (χ4n) is 2.39. The maximum Gasteiger partial charge on any atom is 0.160 e. The summed E-state index contributed by atoms with van der Waals surface area (Å²) in [4.78, 5) is 13.6. The van der Waals surface area contributed by atoms with Crippen LogP contribution in [0.3, 0.4) is 0 Å². The van der Waals surface area contributed by atoms with Gasteiger partial charge >= 0.3 is 0 Å². The van der Waals surface area contributed by atoms with E-state index in [-0.39, 0.29) is 5.78 Å². The number of ketones is 1. The second kappa shape index (κ2) is 6.53. The van der Waals surface area contributed by atoms with Crippen molar-refractivity contribution < 1.29 is 9.53 Å². The Morgan fingerprint density at radius 3 is 2.84 bits per heavy atom. The first-order valence-corrected chi connectivity index (χ1v) is 7.50. The molecule has 2 rings (SSSR count). The number of anilines is 1. The maximum atomic E-state index is 11.4. The minimum Gasteiger partial charge on any atom is -0.376 e. The molecule has 0 amide bonds. The normalized spacial score (nSPS) is 19.2. The van der Waals surface area contributed by atoms with Gasteiger partial charge in [0.25, 0.3) is 0 Å². The van der Waals surface area contributed by atoms with E-state index in [0.29, 0.717) is 6.10 Å². The summed E-state index contributed by atoms with van der Waals surface area (Å²) in [6.45, 7) is 3.36. The van der Waals surface area contributed by atoms with E-state index in [9.17, 15) is 4.79 Å². The summed E-state index contributed by atoms with van der Waals surface area (Å²) in [5, 5.41) is 0. The van der Waals surface area contributed by atoms with Crippen molar-refractivity contribution in [3.05, 3.63) is 28.2 Å². The molecule has 19 heavy (non-hydrogen) atoms. The molecule has 1 aliphatic heterocycles. The lowest BCUT2D eigenvalue weighted by atomic mass is 10.1. The quantitative estimate of drug-likeness (QED) is 0.791. The van der Waals surface area contributed by atoms with Gasteiger partial charge in [-0.2, -0.15) is 0 Å². The molecule has 0 aromatic heterocycles. The van der Waals surface area contributed by atoms with Crippen LogP contribution in [0.1, 0.15) is 36.5 Å². The molecular formula is C15H20BrNO2. The van der Waals surface area contributed by atoms with E-state index >= 15 is 0 Å². The molecule has 1 heterocycles. The van der Waals surface area contributed by atoms with E-state index in [1.54, 1.807) is 6.92 Å². The fourth-order valence-corrected chi connectivity index (χ4v) is 3.04. The van der Waals surface area contributed by atoms with Gasteiger partial charge in [-0.05, 0) is 60.3 Å². The largest absolute Gasteiger partial charge is 0.376 e. The Bertz CT molecular complexity index is 455. The van der Waals surface area contributed by atoms with Crippen molar-refractivity contribution in [1.29, 1.82) is 0 Å². The molecule has 104 valence electrons. The van der Waals surface area contributed by atoms with E-state index in [0.717, 1.165) is 35.3 Å². The number of likely N-dealkylation sites (N-methyl/N-ethyl adjacent to an activating group) is 1. The van der Waals surface area contributed by atoms with Crippen LogP contribution in [-0.2, 0) is 4.74 Å². The summed E-state index contributed by atoms with van der Waals surface area (Å²) in [5.41, 5.74) is 1.83. The minimum absolute atomic E-state index is 0.0803. The number of hydrogen-bond acceptors (Lipinski definition) is 3. The molecule has 3 nitrogen and oxygen atoms in total. The van der Waals surface area contributed by atoms with Crippen LogP contribution in [0.5, 0.6) is 0 Å². The number of nitrogens with zero attached hydrogens (tertiary/aromatic N) is 1. The van der Waals surface area contributed by atoms with Crippen molar-refractivity contribution in [3.8, 4) is 0 Å². The lowest BCUT2D eigenvalue weighted by Crippen LogP contribution is -2.33. The van der Waals surface area contributed by atoms with Gasteiger partial charge in [0.05, 0.1) is 6.10 Å². The van der Waals surface area contributed by atoms with E-state index in [4.69, 9.17) is 4.74 Å². The Kier molecular flexibility index (Phi) is 4.99. The highest BCUT2D eigenvalue weighted by Gasteiger charge is 2.16. The van der Waals surface area contributed by atoms with E-state index in [2.05, 4.69) is 27.9 Å². The van der Waals surface area contributed by atoms with Crippen LogP contribution in [0, 0.1) is 0 Å². The predicted molar refractivity (Wildman–Crippen MR) is 81.0 cm³/mol. The van der Waals surface area contributed by atoms with Crippen LogP contribution in [0.2, 0.25) is 0 Å². The van der Waals surface area contributed by atoms with Gasteiger partial charge in [0, 0.05) is 35.9 Å². The van der Waals surface area contributed by atoms with Gasteiger partial charge in [-0.25, -0.2) is 0 Å². The van der Waals surface area contributed by atoms with Crippen molar-refractivity contribution >= 4 is 27.4 Å². The van der Waals surface area contributed by atoms with Crippen molar-refractivity contribution in [3.63, 3.8) is 0 Å². The second-order valence-electron chi connectivity index (χ2n) is 5.09. The van der Waals surface area contributed by atoms with Gasteiger partial charge in [0.2, 0.25) is 0 Å². The number of halogens is 1. The lowest BCUT2D eigenvalue weighted by Gasteiger charge is -2.28. The summed E-state index contributed by atoms with van der Waals surface area (Å²) >= 11 is 3.46. The zero-order valence-corrected chi connectivity index (χ0v) is 13.1. The number of Topliss-reactive ketones (excluding diaryl/α,β-unsaturated/α-hetero) is 1. The van der Waals surface area contributed by atoms with E-state index in [1.807, 2.05) is 18.2 Å². The number of carbonyl (C=O) groups is 1. The second-order valence-corrected chi connectivity index (χ2v) is 5.94. The Morgan fingerprint density at radius 1 is 1.47 bits per heavy atom. The highest BCUT2D eigenvalue weighted by Crippen LogP contribution is 2.25. The van der Waals surface area contributed by atoms with Crippen molar-refractivity contribution in [2.75, 3.05) is 25.1 Å². The zero-order valence-electron chi connectivity index (χ0n) is 11.5. The molecule has 4 heteroatoms. The first-order chi connectivity index (χ1) is 9.08. The molecule has 1 aliphatic rings. The molecule has 1 aromatic carbocycles. The van der Waals surface area contributed by atoms with Gasteiger partial charge in [-0.15, -0.1) is 0 Å². The van der Waals surface area contributed by atoms with Gasteiger partial charge in [0.15, 0.2) is 5.78 Å². The van der Waals surface area contributed by atoms with Gasteiger partial charge in [-0.1, -0.05) is 0 Å². The van der Waals surface area contributed by atoms with E-state index in [1.165, 1.54) is 12.8 Å². The number of benzene rings is 1. The topological polar surface area (TPSA) is 29.5 Å². The molecule has 1 unspecified atom stereocenters. The Hall–Kier alpha value is -0.870. The monoisotopic (exact) mass is 325 g/mol. The number of carbonyl (C=O) groups excluding carboxylic acids is 1. The van der Waals surface area contributed by atoms with Crippen LogP contribution in [0.15, 0.2) is 22.7 Å². The zero-order chi connectivity index (χ0) is 13.8. The lowest BCUT2D eigenvalue weighted by molar-refractivity contribution is 0.0216. The average Bonchev–Trinajstić information content (AvgIpc) is 2.39. The van der Waals surface area contributed by atoms with Crippen LogP contribution in [0.4, 0.5) is 5.69 Å². The summed E-state index contributed by atoms with van der Waals surface area (Å²) in [6, 6.07) is 5.86. The summed E-state index contributed by atoms with van der Waals surface area (Å²) < 4.78 is 6.61. The van der Waals surface area contributed by atoms with Crippen LogP contribution in [-0.4, -0.2) is 32.1 Å². The molecule has 0 saturated carbocycles. The van der Waals surface area contributed by atoms with Crippen LogP contribution < -0.4 is 4.90 Å². The SMILES string of the molecule is CC(=O)c1ccc(N(C)CC2CCCCO2)cc1Br. The molecule has 1 aromatic rings. The highest BCUT2D eigenvalue weighted by molar-refractivity contribution is 9.10. The summed E-state index contributed by atoms with van der Waals surface area (Å²) in [6.07, 6.45) is 3.90. The van der Waals surface area contributed by atoms with Crippen LogP contribution in [0.25, 0.3) is 0 Å².